The average Bonchev–Trinajstić information content (AvgIpc) is 2.85. The topological polar surface area (TPSA) is 58.2 Å². The van der Waals surface area contributed by atoms with E-state index >= 15 is 0 Å². The highest BCUT2D eigenvalue weighted by molar-refractivity contribution is 7.12. The van der Waals surface area contributed by atoms with E-state index in [1.54, 1.807) is 24.3 Å². The fourth-order valence-corrected chi connectivity index (χ4v) is 2.57. The van der Waals surface area contributed by atoms with Crippen molar-refractivity contribution in [3.8, 4) is 0 Å². The van der Waals surface area contributed by atoms with Gasteiger partial charge in [0, 0.05) is 17.3 Å². The molecule has 0 saturated heterocycles. The van der Waals surface area contributed by atoms with Crippen LogP contribution in [0.4, 0.5) is 11.4 Å². The Morgan fingerprint density at radius 3 is 2.33 bits per heavy atom. The van der Waals surface area contributed by atoms with Gasteiger partial charge in [-0.05, 0) is 42.1 Å². The number of hydrogen-bond donors (Lipinski definition) is 2. The van der Waals surface area contributed by atoms with Crippen LogP contribution in [0.25, 0.3) is 0 Å². The van der Waals surface area contributed by atoms with Crippen LogP contribution in [0.2, 0.25) is 0 Å². The maximum absolute atomic E-state index is 12.1. The van der Waals surface area contributed by atoms with Crippen molar-refractivity contribution >= 4 is 34.5 Å². The average molecular weight is 302 g/mol. The molecule has 1 aromatic carbocycles. The van der Waals surface area contributed by atoms with Gasteiger partial charge in [-0.15, -0.1) is 11.3 Å². The molecule has 0 unspecified atom stereocenters. The number of benzene rings is 1. The predicted octanol–water partition coefficient (Wildman–Crippen LogP) is 3.90. The van der Waals surface area contributed by atoms with Gasteiger partial charge in [-0.25, -0.2) is 0 Å². The number of carbonyl (C=O) groups excluding carboxylic acids is 2. The van der Waals surface area contributed by atoms with Crippen LogP contribution in [0, 0.1) is 12.8 Å². The highest BCUT2D eigenvalue weighted by atomic mass is 32.1. The molecule has 0 saturated carbocycles. The summed E-state index contributed by atoms with van der Waals surface area (Å²) < 4.78 is 0. The molecule has 0 fully saturated rings. The fourth-order valence-electron chi connectivity index (χ4n) is 1.75. The quantitative estimate of drug-likeness (QED) is 0.899. The molecule has 4 nitrogen and oxygen atoms in total. The molecule has 110 valence electrons. The van der Waals surface area contributed by atoms with Crippen LogP contribution in [0.5, 0.6) is 0 Å². The number of nitrogens with one attached hydrogen (secondary N) is 2. The molecular weight excluding hydrogens is 284 g/mol. The molecule has 5 heteroatoms. The highest BCUT2D eigenvalue weighted by Gasteiger charge is 2.11. The summed E-state index contributed by atoms with van der Waals surface area (Å²) in [4.78, 5) is 24.5. The summed E-state index contributed by atoms with van der Waals surface area (Å²) in [5.74, 6) is -0.264. The number of thiophene rings is 1. The molecule has 0 aliphatic carbocycles. The lowest BCUT2D eigenvalue weighted by atomic mass is 10.2. The first-order chi connectivity index (χ1) is 9.97. The second kappa shape index (κ2) is 6.54. The Kier molecular flexibility index (Phi) is 4.75. The molecule has 2 N–H and O–H groups in total. The van der Waals surface area contributed by atoms with Crippen molar-refractivity contribution in [2.24, 2.45) is 5.92 Å². The second-order valence-corrected chi connectivity index (χ2v) is 6.03. The van der Waals surface area contributed by atoms with Gasteiger partial charge in [-0.1, -0.05) is 19.9 Å². The van der Waals surface area contributed by atoms with Gasteiger partial charge in [0.2, 0.25) is 5.91 Å². The summed E-state index contributed by atoms with van der Waals surface area (Å²) in [6, 6.07) is 9.06. The molecule has 2 amide bonds. The summed E-state index contributed by atoms with van der Waals surface area (Å²) in [5, 5.41) is 7.55. The van der Waals surface area contributed by atoms with E-state index in [-0.39, 0.29) is 17.7 Å². The first-order valence-corrected chi connectivity index (χ1v) is 7.61. The molecule has 2 aromatic rings. The maximum Gasteiger partial charge on any atom is 0.265 e. The molecule has 21 heavy (non-hydrogen) atoms. The number of aryl methyl sites for hydroxylation is 1. The molecule has 1 heterocycles. The van der Waals surface area contributed by atoms with Crippen LogP contribution in [0.1, 0.15) is 29.1 Å². The van der Waals surface area contributed by atoms with Crippen molar-refractivity contribution < 1.29 is 9.59 Å². The lowest BCUT2D eigenvalue weighted by Gasteiger charge is -2.10. The van der Waals surface area contributed by atoms with E-state index in [0.29, 0.717) is 16.3 Å². The molecule has 0 spiro atoms. The number of hydrogen-bond acceptors (Lipinski definition) is 3. The first kappa shape index (κ1) is 15.3. The minimum Gasteiger partial charge on any atom is -0.326 e. The van der Waals surface area contributed by atoms with Gasteiger partial charge >= 0.3 is 0 Å². The van der Waals surface area contributed by atoms with Crippen molar-refractivity contribution in [3.63, 3.8) is 0 Å². The van der Waals surface area contributed by atoms with Crippen molar-refractivity contribution in [1.29, 1.82) is 0 Å². The van der Waals surface area contributed by atoms with Crippen molar-refractivity contribution in [2.45, 2.75) is 20.8 Å². The van der Waals surface area contributed by atoms with Gasteiger partial charge in [-0.2, -0.15) is 0 Å². The monoisotopic (exact) mass is 302 g/mol. The smallest absolute Gasteiger partial charge is 0.265 e. The molecule has 0 atom stereocenters. The predicted molar refractivity (Wildman–Crippen MR) is 86.9 cm³/mol. The molecule has 2 rings (SSSR count). The standard InChI is InChI=1S/C16H18N2O2S/c1-10(2)15(19)17-12-5-4-6-13(9-12)18-16(20)14-11(3)7-8-21-14/h4-10H,1-3H3,(H,17,19)(H,18,20). The van der Waals surface area contributed by atoms with E-state index in [2.05, 4.69) is 10.6 Å². The number of rotatable bonds is 4. The van der Waals surface area contributed by atoms with Crippen LogP contribution in [-0.4, -0.2) is 11.8 Å². The Hall–Kier alpha value is -2.14. The summed E-state index contributed by atoms with van der Waals surface area (Å²) in [7, 11) is 0. The number of amides is 2. The first-order valence-electron chi connectivity index (χ1n) is 6.73. The van der Waals surface area contributed by atoms with Crippen LogP contribution < -0.4 is 10.6 Å². The molecular formula is C16H18N2O2S. The zero-order chi connectivity index (χ0) is 15.4. The van der Waals surface area contributed by atoms with E-state index in [4.69, 9.17) is 0 Å². The van der Waals surface area contributed by atoms with E-state index in [1.807, 2.05) is 32.2 Å². The van der Waals surface area contributed by atoms with Crippen LogP contribution >= 0.6 is 11.3 Å². The van der Waals surface area contributed by atoms with Gasteiger partial charge < -0.3 is 10.6 Å². The Labute approximate surface area is 128 Å². The molecule has 0 bridgehead atoms. The molecule has 0 aliphatic heterocycles. The van der Waals surface area contributed by atoms with E-state index in [0.717, 1.165) is 5.56 Å². The van der Waals surface area contributed by atoms with E-state index < -0.39 is 0 Å². The lowest BCUT2D eigenvalue weighted by Crippen LogP contribution is -2.18. The number of anilines is 2. The summed E-state index contributed by atoms with van der Waals surface area (Å²) in [6.45, 7) is 5.58. The third kappa shape index (κ3) is 3.92. The molecule has 0 aliphatic rings. The Morgan fingerprint density at radius 2 is 1.76 bits per heavy atom. The van der Waals surface area contributed by atoms with Gasteiger partial charge in [0.25, 0.3) is 5.91 Å². The third-order valence-electron chi connectivity index (χ3n) is 2.98. The summed E-state index contributed by atoms with van der Waals surface area (Å²) in [5.41, 5.74) is 2.30. The third-order valence-corrected chi connectivity index (χ3v) is 4.00. The van der Waals surface area contributed by atoms with Gasteiger partial charge in [0.15, 0.2) is 0 Å². The maximum atomic E-state index is 12.1. The Morgan fingerprint density at radius 1 is 1.10 bits per heavy atom. The zero-order valence-corrected chi connectivity index (χ0v) is 13.1. The van der Waals surface area contributed by atoms with Crippen LogP contribution in [0.15, 0.2) is 35.7 Å². The zero-order valence-electron chi connectivity index (χ0n) is 12.3. The van der Waals surface area contributed by atoms with Crippen LogP contribution in [-0.2, 0) is 4.79 Å². The minimum absolute atomic E-state index is 0.0485. The highest BCUT2D eigenvalue weighted by Crippen LogP contribution is 2.20. The SMILES string of the molecule is Cc1ccsc1C(=O)Nc1cccc(NC(=O)C(C)C)c1. The summed E-state index contributed by atoms with van der Waals surface area (Å²) >= 11 is 1.41. The fraction of sp³-hybridized carbons (Fsp3) is 0.250. The van der Waals surface area contributed by atoms with Crippen molar-refractivity contribution in [2.75, 3.05) is 10.6 Å². The largest absolute Gasteiger partial charge is 0.326 e. The van der Waals surface area contributed by atoms with Gasteiger partial charge in [-0.3, -0.25) is 9.59 Å². The normalized spacial score (nSPS) is 10.5. The lowest BCUT2D eigenvalue weighted by molar-refractivity contribution is -0.118. The molecule has 0 radical (unpaired) electrons. The van der Waals surface area contributed by atoms with E-state index in [1.165, 1.54) is 11.3 Å². The van der Waals surface area contributed by atoms with Crippen molar-refractivity contribution in [1.82, 2.24) is 0 Å². The van der Waals surface area contributed by atoms with E-state index in [9.17, 15) is 9.59 Å². The number of carbonyl (C=O) groups is 2. The van der Waals surface area contributed by atoms with Crippen LogP contribution in [0.3, 0.4) is 0 Å². The Balaban J connectivity index is 2.09. The minimum atomic E-state index is -0.130. The van der Waals surface area contributed by atoms with Gasteiger partial charge in [0.1, 0.15) is 0 Å². The Bertz CT molecular complexity index is 662. The molecule has 1 aromatic heterocycles. The van der Waals surface area contributed by atoms with Crippen molar-refractivity contribution in [3.05, 3.63) is 46.2 Å². The second-order valence-electron chi connectivity index (χ2n) is 5.11. The van der Waals surface area contributed by atoms with Gasteiger partial charge in [0.05, 0.1) is 4.88 Å². The summed E-state index contributed by atoms with van der Waals surface area (Å²) in [6.07, 6.45) is 0.